The number of methoxy groups -OCH3 is 2. The van der Waals surface area contributed by atoms with Crippen LogP contribution in [0.5, 0.6) is 11.5 Å². The molecule has 9 nitrogen and oxygen atoms in total. The van der Waals surface area contributed by atoms with Crippen molar-refractivity contribution in [3.8, 4) is 11.5 Å². The highest BCUT2D eigenvalue weighted by Crippen LogP contribution is 2.34. The normalized spacial score (nSPS) is 11.8. The highest BCUT2D eigenvalue weighted by atomic mass is 32.2. The highest BCUT2D eigenvalue weighted by Gasteiger charge is 2.32. The van der Waals surface area contributed by atoms with Gasteiger partial charge in [-0.3, -0.25) is 13.9 Å². The summed E-state index contributed by atoms with van der Waals surface area (Å²) in [5, 5.41) is 2.84. The third-order valence-corrected chi connectivity index (χ3v) is 8.53. The summed E-state index contributed by atoms with van der Waals surface area (Å²) in [6.07, 6.45) is 1.25. The first-order valence-corrected chi connectivity index (χ1v) is 15.0. The Bertz CT molecular complexity index is 1410. The smallest absolute Gasteiger partial charge is 0.264 e. The third kappa shape index (κ3) is 8.00. The maximum absolute atomic E-state index is 14.0. The fourth-order valence-electron chi connectivity index (χ4n) is 4.31. The molecule has 10 heteroatoms. The summed E-state index contributed by atoms with van der Waals surface area (Å²) in [6, 6.07) is 19.9. The van der Waals surface area contributed by atoms with Crippen LogP contribution >= 0.6 is 0 Å². The Morgan fingerprint density at radius 2 is 1.59 bits per heavy atom. The van der Waals surface area contributed by atoms with E-state index in [4.69, 9.17) is 9.47 Å². The number of carbonyl (C=O) groups is 2. The predicted octanol–water partition coefficient (Wildman–Crippen LogP) is 4.19. The molecule has 0 bridgehead atoms. The Hall–Kier alpha value is -4.05. The summed E-state index contributed by atoms with van der Waals surface area (Å²) in [6.45, 7) is 5.65. The van der Waals surface area contributed by atoms with Gasteiger partial charge in [0.2, 0.25) is 11.8 Å². The van der Waals surface area contributed by atoms with Crippen molar-refractivity contribution in [3.05, 3.63) is 83.9 Å². The molecule has 1 N–H and O–H groups in total. The van der Waals surface area contributed by atoms with Gasteiger partial charge in [-0.15, -0.1) is 0 Å². The second-order valence-corrected chi connectivity index (χ2v) is 11.5. The van der Waals surface area contributed by atoms with Crippen LogP contribution in [-0.2, 0) is 26.0 Å². The summed E-state index contributed by atoms with van der Waals surface area (Å²) in [7, 11) is -1.25. The van der Waals surface area contributed by atoms with Gasteiger partial charge in [-0.05, 0) is 56.5 Å². The lowest BCUT2D eigenvalue weighted by molar-refractivity contribution is -0.138. The molecule has 0 fully saturated rings. The average molecular weight is 582 g/mol. The molecule has 220 valence electrons. The molecule has 1 atom stereocenters. The fourth-order valence-corrected chi connectivity index (χ4v) is 5.72. The standard InChI is InChI=1S/C31H39N3O6S/c1-6-19-32-31(36)24(3)33(20-18-25-10-8-7-9-11-25)30(35)22-34(26-14-17-28(39-4)29(21-26)40-5)41(37,38)27-15-12-23(2)13-16-27/h7-17,21,24H,6,18-20,22H2,1-5H3,(H,32,36)/t24-/m0/s1. The number of carbonyl (C=O) groups excluding carboxylic acids is 2. The van der Waals surface area contributed by atoms with E-state index in [9.17, 15) is 18.0 Å². The molecular formula is C31H39N3O6S. The van der Waals surface area contributed by atoms with E-state index in [0.29, 0.717) is 24.5 Å². The number of benzene rings is 3. The van der Waals surface area contributed by atoms with E-state index in [1.165, 1.54) is 37.3 Å². The van der Waals surface area contributed by atoms with E-state index in [-0.39, 0.29) is 23.0 Å². The van der Waals surface area contributed by atoms with Crippen molar-refractivity contribution < 1.29 is 27.5 Å². The summed E-state index contributed by atoms with van der Waals surface area (Å²) < 4.78 is 39.8. The summed E-state index contributed by atoms with van der Waals surface area (Å²) in [5.41, 5.74) is 2.12. The third-order valence-electron chi connectivity index (χ3n) is 6.74. The van der Waals surface area contributed by atoms with Gasteiger partial charge in [-0.25, -0.2) is 8.42 Å². The van der Waals surface area contributed by atoms with Crippen LogP contribution in [0.25, 0.3) is 0 Å². The highest BCUT2D eigenvalue weighted by molar-refractivity contribution is 7.92. The molecule has 3 aromatic carbocycles. The molecule has 0 aromatic heterocycles. The quantitative estimate of drug-likeness (QED) is 0.306. The first-order valence-electron chi connectivity index (χ1n) is 13.5. The molecule has 0 saturated carbocycles. The zero-order chi connectivity index (χ0) is 30.0. The van der Waals surface area contributed by atoms with Gasteiger partial charge in [0.25, 0.3) is 10.0 Å². The summed E-state index contributed by atoms with van der Waals surface area (Å²) in [5.74, 6) is -0.0753. The first-order chi connectivity index (χ1) is 19.6. The van der Waals surface area contributed by atoms with Gasteiger partial charge in [0.15, 0.2) is 11.5 Å². The number of rotatable bonds is 14. The molecule has 0 aliphatic heterocycles. The van der Waals surface area contributed by atoms with E-state index < -0.39 is 28.5 Å². The molecule has 0 heterocycles. The molecule has 0 radical (unpaired) electrons. The summed E-state index contributed by atoms with van der Waals surface area (Å²) in [4.78, 5) is 28.4. The van der Waals surface area contributed by atoms with Crippen LogP contribution in [0, 0.1) is 6.92 Å². The minimum atomic E-state index is -4.18. The molecule has 41 heavy (non-hydrogen) atoms. The van der Waals surface area contributed by atoms with Crippen molar-refractivity contribution in [2.45, 2.75) is 44.6 Å². The number of hydrogen-bond acceptors (Lipinski definition) is 6. The van der Waals surface area contributed by atoms with E-state index in [0.717, 1.165) is 21.9 Å². The monoisotopic (exact) mass is 581 g/mol. The lowest BCUT2D eigenvalue weighted by Gasteiger charge is -2.32. The molecular weight excluding hydrogens is 542 g/mol. The number of anilines is 1. The SMILES string of the molecule is CCCNC(=O)[C@H](C)N(CCc1ccccc1)C(=O)CN(c1ccc(OC)c(OC)c1)S(=O)(=O)c1ccc(C)cc1. The van der Waals surface area contributed by atoms with E-state index in [2.05, 4.69) is 5.32 Å². The van der Waals surface area contributed by atoms with Crippen LogP contribution in [0.4, 0.5) is 5.69 Å². The zero-order valence-corrected chi connectivity index (χ0v) is 25.1. The van der Waals surface area contributed by atoms with Gasteiger partial charge in [0, 0.05) is 19.2 Å². The van der Waals surface area contributed by atoms with Crippen molar-refractivity contribution in [2.75, 3.05) is 38.2 Å². The number of hydrogen-bond donors (Lipinski definition) is 1. The van der Waals surface area contributed by atoms with Crippen LogP contribution in [-0.4, -0.2) is 65.0 Å². The van der Waals surface area contributed by atoms with Gasteiger partial charge in [-0.1, -0.05) is 55.0 Å². The first kappa shape index (κ1) is 31.5. The lowest BCUT2D eigenvalue weighted by atomic mass is 10.1. The Morgan fingerprint density at radius 1 is 0.927 bits per heavy atom. The maximum atomic E-state index is 14.0. The van der Waals surface area contributed by atoms with E-state index >= 15 is 0 Å². The van der Waals surface area contributed by atoms with Crippen molar-refractivity contribution in [2.24, 2.45) is 0 Å². The van der Waals surface area contributed by atoms with Crippen molar-refractivity contribution in [3.63, 3.8) is 0 Å². The second kappa shape index (κ2) is 14.5. The molecule has 0 aliphatic carbocycles. The van der Waals surface area contributed by atoms with Crippen LogP contribution in [0.2, 0.25) is 0 Å². The zero-order valence-electron chi connectivity index (χ0n) is 24.3. The van der Waals surface area contributed by atoms with E-state index in [1.807, 2.05) is 44.2 Å². The number of nitrogens with zero attached hydrogens (tertiary/aromatic N) is 2. The van der Waals surface area contributed by atoms with Crippen molar-refractivity contribution in [1.82, 2.24) is 10.2 Å². The topological polar surface area (TPSA) is 105 Å². The van der Waals surface area contributed by atoms with Gasteiger partial charge in [-0.2, -0.15) is 0 Å². The van der Waals surface area contributed by atoms with Gasteiger partial charge in [0.1, 0.15) is 12.6 Å². The van der Waals surface area contributed by atoms with Gasteiger partial charge < -0.3 is 19.7 Å². The van der Waals surface area contributed by atoms with Crippen LogP contribution in [0.3, 0.4) is 0 Å². The molecule has 0 spiro atoms. The minimum absolute atomic E-state index is 0.0373. The van der Waals surface area contributed by atoms with E-state index in [1.54, 1.807) is 31.2 Å². The van der Waals surface area contributed by atoms with Crippen LogP contribution in [0.1, 0.15) is 31.4 Å². The minimum Gasteiger partial charge on any atom is -0.493 e. The number of ether oxygens (including phenoxy) is 2. The Kier molecular flexibility index (Phi) is 11.2. The largest absolute Gasteiger partial charge is 0.493 e. The molecule has 3 rings (SSSR count). The van der Waals surface area contributed by atoms with Crippen LogP contribution < -0.4 is 19.1 Å². The Morgan fingerprint density at radius 3 is 2.20 bits per heavy atom. The second-order valence-electron chi connectivity index (χ2n) is 9.65. The Labute approximate surface area is 243 Å². The number of amides is 2. The van der Waals surface area contributed by atoms with Crippen molar-refractivity contribution >= 4 is 27.5 Å². The molecule has 0 aliphatic rings. The average Bonchev–Trinajstić information content (AvgIpc) is 2.98. The molecule has 0 unspecified atom stereocenters. The number of nitrogens with one attached hydrogen (secondary N) is 1. The molecule has 0 saturated heterocycles. The maximum Gasteiger partial charge on any atom is 0.264 e. The Balaban J connectivity index is 2.03. The summed E-state index contributed by atoms with van der Waals surface area (Å²) >= 11 is 0. The number of sulfonamides is 1. The predicted molar refractivity (Wildman–Crippen MR) is 160 cm³/mol. The lowest BCUT2D eigenvalue weighted by Crippen LogP contribution is -2.52. The van der Waals surface area contributed by atoms with Crippen LogP contribution in [0.15, 0.2) is 77.7 Å². The molecule has 2 amide bonds. The fraction of sp³-hybridized carbons (Fsp3) is 0.355. The molecule has 3 aromatic rings. The number of aryl methyl sites for hydroxylation is 1. The van der Waals surface area contributed by atoms with Gasteiger partial charge in [0.05, 0.1) is 24.8 Å². The van der Waals surface area contributed by atoms with Gasteiger partial charge >= 0.3 is 0 Å². The van der Waals surface area contributed by atoms with Crippen molar-refractivity contribution in [1.29, 1.82) is 0 Å².